The van der Waals surface area contributed by atoms with Crippen LogP contribution < -0.4 is 0 Å². The molecule has 0 amide bonds. The second-order valence-corrected chi connectivity index (χ2v) is 2.93. The van der Waals surface area contributed by atoms with Crippen molar-refractivity contribution in [2.45, 2.75) is 32.3 Å². The second kappa shape index (κ2) is 1.27. The Balaban J connectivity index is 1.80. The lowest BCUT2D eigenvalue weighted by Crippen LogP contribution is -1.90. The molecule has 2 aliphatic rings. The Hall–Kier alpha value is -0.0400. The lowest BCUT2D eigenvalue weighted by Gasteiger charge is -1.92. The van der Waals surface area contributed by atoms with E-state index in [4.69, 9.17) is 4.74 Å². The van der Waals surface area contributed by atoms with Gasteiger partial charge >= 0.3 is 0 Å². The molecule has 0 bridgehead atoms. The van der Waals surface area contributed by atoms with Gasteiger partial charge in [0.25, 0.3) is 0 Å². The van der Waals surface area contributed by atoms with Crippen molar-refractivity contribution in [3.63, 3.8) is 0 Å². The molecule has 2 rings (SSSR count). The first-order valence-corrected chi connectivity index (χ1v) is 3.31. The summed E-state index contributed by atoms with van der Waals surface area (Å²) < 4.78 is 5.31. The van der Waals surface area contributed by atoms with Crippen molar-refractivity contribution < 1.29 is 4.74 Å². The molecule has 1 radical (unpaired) electrons. The fourth-order valence-electron chi connectivity index (χ4n) is 1.35. The lowest BCUT2D eigenvalue weighted by atomic mass is 10.4. The Labute approximate surface area is 50.0 Å². The molecule has 1 unspecified atom stereocenters. The third-order valence-electron chi connectivity index (χ3n) is 2.31. The van der Waals surface area contributed by atoms with Crippen molar-refractivity contribution in [3.05, 3.63) is 6.61 Å². The summed E-state index contributed by atoms with van der Waals surface area (Å²) in [4.78, 5) is 0. The van der Waals surface area contributed by atoms with Gasteiger partial charge in [-0.25, -0.2) is 0 Å². The van der Waals surface area contributed by atoms with Gasteiger partial charge in [-0.05, 0) is 31.6 Å². The van der Waals surface area contributed by atoms with E-state index in [2.05, 4.69) is 0 Å². The molecule has 0 N–H and O–H groups in total. The van der Waals surface area contributed by atoms with Crippen LogP contribution in [0.25, 0.3) is 0 Å². The first-order valence-electron chi connectivity index (χ1n) is 3.31. The minimum Gasteiger partial charge on any atom is -0.372 e. The molecule has 1 atom stereocenters. The average Bonchev–Trinajstić information content (AvgIpc) is 2.57. The Bertz CT molecular complexity index is 105. The summed E-state index contributed by atoms with van der Waals surface area (Å²) in [5, 5.41) is 0. The quantitative estimate of drug-likeness (QED) is 0.527. The molecule has 0 aromatic rings. The number of rotatable bonds is 2. The summed E-state index contributed by atoms with van der Waals surface area (Å²) in [5.41, 5.74) is 0.715. The van der Waals surface area contributed by atoms with Crippen LogP contribution in [0.4, 0.5) is 0 Å². The Kier molecular flexibility index (Phi) is 0.762. The third-order valence-corrected chi connectivity index (χ3v) is 2.31. The van der Waals surface area contributed by atoms with Crippen LogP contribution in [0.15, 0.2) is 0 Å². The van der Waals surface area contributed by atoms with Crippen LogP contribution in [-0.4, -0.2) is 6.10 Å². The highest BCUT2D eigenvalue weighted by molar-refractivity contribution is 5.14. The van der Waals surface area contributed by atoms with Gasteiger partial charge in [0.05, 0.1) is 12.7 Å². The van der Waals surface area contributed by atoms with Gasteiger partial charge in [-0.3, -0.25) is 0 Å². The summed E-state index contributed by atoms with van der Waals surface area (Å²) in [5.74, 6) is 0. The topological polar surface area (TPSA) is 9.23 Å². The molecule has 1 spiro atoms. The standard InChI is InChI=1S/C7H11O/c1-2-8-6-5-7(6)3-4-7/h2,6H,3-5H2,1H3. The molecule has 1 nitrogen and oxygen atoms in total. The summed E-state index contributed by atoms with van der Waals surface area (Å²) in [6.07, 6.45) is 4.79. The number of ether oxygens (including phenoxy) is 1. The van der Waals surface area contributed by atoms with Crippen molar-refractivity contribution in [1.82, 2.24) is 0 Å². The largest absolute Gasteiger partial charge is 0.372 e. The predicted molar refractivity (Wildman–Crippen MR) is 31.1 cm³/mol. The van der Waals surface area contributed by atoms with Gasteiger partial charge in [0, 0.05) is 0 Å². The van der Waals surface area contributed by atoms with Crippen molar-refractivity contribution in [2.75, 3.05) is 0 Å². The van der Waals surface area contributed by atoms with Crippen LogP contribution in [-0.2, 0) is 4.74 Å². The van der Waals surface area contributed by atoms with Crippen molar-refractivity contribution in [3.8, 4) is 0 Å². The molecule has 1 heteroatoms. The molecule has 0 saturated heterocycles. The van der Waals surface area contributed by atoms with Gasteiger partial charge in [-0.2, -0.15) is 0 Å². The Morgan fingerprint density at radius 3 is 2.75 bits per heavy atom. The molecule has 2 aliphatic carbocycles. The van der Waals surface area contributed by atoms with Crippen molar-refractivity contribution in [1.29, 1.82) is 0 Å². The van der Waals surface area contributed by atoms with E-state index in [-0.39, 0.29) is 0 Å². The molecule has 2 fully saturated rings. The first-order chi connectivity index (χ1) is 3.87. The molecule has 0 heterocycles. The molecule has 45 valence electrons. The molecule has 8 heavy (non-hydrogen) atoms. The van der Waals surface area contributed by atoms with E-state index in [0.29, 0.717) is 11.5 Å². The fourth-order valence-corrected chi connectivity index (χ4v) is 1.35. The molecule has 0 aromatic heterocycles. The van der Waals surface area contributed by atoms with Crippen LogP contribution in [0, 0.1) is 12.0 Å². The average molecular weight is 111 g/mol. The third kappa shape index (κ3) is 0.510. The summed E-state index contributed by atoms with van der Waals surface area (Å²) in [7, 11) is 0. The van der Waals surface area contributed by atoms with Gasteiger partial charge in [-0.15, -0.1) is 0 Å². The fraction of sp³-hybridized carbons (Fsp3) is 0.857. The van der Waals surface area contributed by atoms with Crippen molar-refractivity contribution in [2.24, 2.45) is 5.41 Å². The summed E-state index contributed by atoms with van der Waals surface area (Å²) >= 11 is 0. The van der Waals surface area contributed by atoms with Crippen LogP contribution in [0.5, 0.6) is 0 Å². The minimum absolute atomic E-state index is 0.618. The highest BCUT2D eigenvalue weighted by atomic mass is 16.5. The zero-order valence-electron chi connectivity index (χ0n) is 5.18. The normalized spacial score (nSPS) is 37.9. The van der Waals surface area contributed by atoms with E-state index in [1.807, 2.05) is 13.5 Å². The molecule has 0 aliphatic heterocycles. The van der Waals surface area contributed by atoms with Crippen LogP contribution >= 0.6 is 0 Å². The van der Waals surface area contributed by atoms with E-state index in [1.54, 1.807) is 0 Å². The SMILES string of the molecule is C[CH]OC1CC12CC2. The minimum atomic E-state index is 0.618. The monoisotopic (exact) mass is 111 g/mol. The molecular formula is C7H11O. The predicted octanol–water partition coefficient (Wildman–Crippen LogP) is 1.74. The van der Waals surface area contributed by atoms with E-state index in [1.165, 1.54) is 19.3 Å². The van der Waals surface area contributed by atoms with Gasteiger partial charge in [0.2, 0.25) is 0 Å². The Morgan fingerprint density at radius 1 is 1.62 bits per heavy atom. The van der Waals surface area contributed by atoms with Crippen molar-refractivity contribution >= 4 is 0 Å². The first kappa shape index (κ1) is 4.80. The smallest absolute Gasteiger partial charge is 0.0810 e. The summed E-state index contributed by atoms with van der Waals surface area (Å²) in [6, 6.07) is 0. The maximum absolute atomic E-state index is 5.31. The zero-order chi connectivity index (χ0) is 5.61. The van der Waals surface area contributed by atoms with Crippen LogP contribution in [0.3, 0.4) is 0 Å². The van der Waals surface area contributed by atoms with E-state index in [9.17, 15) is 0 Å². The highest BCUT2D eigenvalue weighted by Crippen LogP contribution is 2.67. The van der Waals surface area contributed by atoms with E-state index < -0.39 is 0 Å². The van der Waals surface area contributed by atoms with Crippen LogP contribution in [0.1, 0.15) is 26.2 Å². The highest BCUT2D eigenvalue weighted by Gasteiger charge is 2.63. The zero-order valence-corrected chi connectivity index (χ0v) is 5.18. The lowest BCUT2D eigenvalue weighted by molar-refractivity contribution is 0.172. The molecular weight excluding hydrogens is 100 g/mol. The molecule has 2 saturated carbocycles. The van der Waals surface area contributed by atoms with Crippen LogP contribution in [0.2, 0.25) is 0 Å². The van der Waals surface area contributed by atoms with Gasteiger partial charge in [0.15, 0.2) is 0 Å². The summed E-state index contributed by atoms with van der Waals surface area (Å²) in [6.45, 7) is 3.77. The maximum atomic E-state index is 5.31. The maximum Gasteiger partial charge on any atom is 0.0810 e. The van der Waals surface area contributed by atoms with Gasteiger partial charge in [-0.1, -0.05) is 0 Å². The van der Waals surface area contributed by atoms with E-state index in [0.717, 1.165) is 0 Å². The number of hydrogen-bond acceptors (Lipinski definition) is 1. The van der Waals surface area contributed by atoms with Gasteiger partial charge in [0.1, 0.15) is 0 Å². The van der Waals surface area contributed by atoms with E-state index >= 15 is 0 Å². The number of hydrogen-bond donors (Lipinski definition) is 0. The Morgan fingerprint density at radius 2 is 2.38 bits per heavy atom. The molecule has 0 aromatic carbocycles. The van der Waals surface area contributed by atoms with Gasteiger partial charge < -0.3 is 4.74 Å². The second-order valence-electron chi connectivity index (χ2n) is 2.93.